The molecule has 4 rings (SSSR count). The van der Waals surface area contributed by atoms with E-state index < -0.39 is 0 Å². The van der Waals surface area contributed by atoms with E-state index in [-0.39, 0.29) is 0 Å². The molecular weight excluding hydrogens is 266 g/mol. The number of imidazole rings is 1. The molecule has 0 fully saturated rings. The first-order valence-electron chi connectivity index (χ1n) is 7.14. The van der Waals surface area contributed by atoms with Crippen molar-refractivity contribution in [2.75, 3.05) is 18.0 Å². The summed E-state index contributed by atoms with van der Waals surface area (Å²) in [5, 5.41) is 8.15. The lowest BCUT2D eigenvalue weighted by Crippen LogP contribution is -2.34. The van der Waals surface area contributed by atoms with E-state index in [1.165, 1.54) is 5.69 Å². The summed E-state index contributed by atoms with van der Waals surface area (Å²) < 4.78 is 4.22. The second kappa shape index (κ2) is 4.85. The van der Waals surface area contributed by atoms with Gasteiger partial charge in [0.25, 0.3) is 0 Å². The van der Waals surface area contributed by atoms with Crippen LogP contribution in [0.2, 0.25) is 0 Å². The summed E-state index contributed by atoms with van der Waals surface area (Å²) >= 11 is 0. The SMILES string of the molecule is NCCc1c(N2CCn3cnnc3C2)nc2ccccn12. The smallest absolute Gasteiger partial charge is 0.152 e. The summed E-state index contributed by atoms with van der Waals surface area (Å²) in [7, 11) is 0. The third-order valence-corrected chi connectivity index (χ3v) is 3.93. The predicted molar refractivity (Wildman–Crippen MR) is 79.0 cm³/mol. The average Bonchev–Trinajstić information content (AvgIpc) is 3.11. The summed E-state index contributed by atoms with van der Waals surface area (Å²) in [4.78, 5) is 7.05. The maximum Gasteiger partial charge on any atom is 0.152 e. The minimum atomic E-state index is 0.611. The van der Waals surface area contributed by atoms with Gasteiger partial charge in [-0.25, -0.2) is 4.98 Å². The van der Waals surface area contributed by atoms with Crippen molar-refractivity contribution in [2.24, 2.45) is 5.73 Å². The fourth-order valence-corrected chi connectivity index (χ4v) is 2.90. The molecule has 1 aliphatic rings. The molecule has 0 saturated carbocycles. The Kier molecular flexibility index (Phi) is 2.85. The number of aromatic nitrogens is 5. The van der Waals surface area contributed by atoms with Crippen molar-refractivity contribution >= 4 is 11.5 Å². The van der Waals surface area contributed by atoms with Crippen LogP contribution in [-0.2, 0) is 19.5 Å². The van der Waals surface area contributed by atoms with Gasteiger partial charge in [-0.3, -0.25) is 0 Å². The Labute approximate surface area is 122 Å². The number of anilines is 1. The molecule has 2 N–H and O–H groups in total. The van der Waals surface area contributed by atoms with Crippen molar-refractivity contribution in [1.82, 2.24) is 24.1 Å². The molecule has 0 bridgehead atoms. The summed E-state index contributed by atoms with van der Waals surface area (Å²) in [6.07, 6.45) is 4.64. The highest BCUT2D eigenvalue weighted by Crippen LogP contribution is 2.25. The van der Waals surface area contributed by atoms with Crippen molar-refractivity contribution in [1.29, 1.82) is 0 Å². The van der Waals surface area contributed by atoms with Gasteiger partial charge in [-0.2, -0.15) is 0 Å². The molecule has 0 aromatic carbocycles. The van der Waals surface area contributed by atoms with Gasteiger partial charge in [-0.15, -0.1) is 10.2 Å². The fourth-order valence-electron chi connectivity index (χ4n) is 2.90. The zero-order valence-electron chi connectivity index (χ0n) is 11.7. The molecule has 0 unspecified atom stereocenters. The molecule has 0 atom stereocenters. The number of hydrogen-bond acceptors (Lipinski definition) is 5. The first-order chi connectivity index (χ1) is 10.4. The van der Waals surface area contributed by atoms with Gasteiger partial charge in [0.15, 0.2) is 11.6 Å². The monoisotopic (exact) mass is 283 g/mol. The van der Waals surface area contributed by atoms with Crippen LogP contribution in [0.1, 0.15) is 11.5 Å². The van der Waals surface area contributed by atoms with Crippen LogP contribution in [-0.4, -0.2) is 37.2 Å². The van der Waals surface area contributed by atoms with Crippen LogP contribution < -0.4 is 10.6 Å². The predicted octanol–water partition coefficient (Wildman–Crippen LogP) is 0.447. The Bertz CT molecular complexity index is 773. The normalized spacial score (nSPS) is 14.6. The van der Waals surface area contributed by atoms with Crippen LogP contribution in [0.5, 0.6) is 0 Å². The van der Waals surface area contributed by atoms with E-state index in [2.05, 4.69) is 24.1 Å². The lowest BCUT2D eigenvalue weighted by molar-refractivity contribution is 0.555. The van der Waals surface area contributed by atoms with Gasteiger partial charge < -0.3 is 19.6 Å². The summed E-state index contributed by atoms with van der Waals surface area (Å²) in [5.74, 6) is 2.00. The third-order valence-electron chi connectivity index (χ3n) is 3.93. The molecule has 1 aliphatic heterocycles. The molecule has 0 aliphatic carbocycles. The zero-order chi connectivity index (χ0) is 14.2. The topological polar surface area (TPSA) is 77.3 Å². The Balaban J connectivity index is 1.78. The van der Waals surface area contributed by atoms with Gasteiger partial charge in [0.05, 0.1) is 12.2 Å². The maximum atomic E-state index is 5.78. The van der Waals surface area contributed by atoms with Crippen molar-refractivity contribution in [3.05, 3.63) is 42.2 Å². The van der Waals surface area contributed by atoms with Crippen molar-refractivity contribution in [2.45, 2.75) is 19.5 Å². The number of rotatable bonds is 3. The summed E-state index contributed by atoms with van der Waals surface area (Å²) in [6.45, 7) is 3.14. The minimum absolute atomic E-state index is 0.611. The zero-order valence-corrected chi connectivity index (χ0v) is 11.7. The van der Waals surface area contributed by atoms with Gasteiger partial charge in [-0.05, 0) is 18.7 Å². The first kappa shape index (κ1) is 12.3. The van der Waals surface area contributed by atoms with Crippen LogP contribution in [0.25, 0.3) is 5.65 Å². The number of nitrogens with two attached hydrogens (primary N) is 1. The van der Waals surface area contributed by atoms with E-state index in [1.54, 1.807) is 6.33 Å². The van der Waals surface area contributed by atoms with Gasteiger partial charge >= 0.3 is 0 Å². The fraction of sp³-hybridized carbons (Fsp3) is 0.357. The highest BCUT2D eigenvalue weighted by molar-refractivity contribution is 5.56. The molecule has 4 heterocycles. The standard InChI is InChI=1S/C14H17N7/c15-5-4-11-14(17-12-3-1-2-6-21(11)12)19-7-8-20-10-16-18-13(20)9-19/h1-3,6,10H,4-5,7-9,15H2. The molecular formula is C14H17N7. The molecule has 21 heavy (non-hydrogen) atoms. The highest BCUT2D eigenvalue weighted by Gasteiger charge is 2.23. The minimum Gasteiger partial charge on any atom is -0.346 e. The number of nitrogens with zero attached hydrogens (tertiary/aromatic N) is 6. The Morgan fingerprint density at radius 3 is 3.10 bits per heavy atom. The molecule has 0 amide bonds. The number of fused-ring (bicyclic) bond motifs is 2. The summed E-state index contributed by atoms with van der Waals surface area (Å²) in [5.41, 5.74) is 7.91. The van der Waals surface area contributed by atoms with E-state index >= 15 is 0 Å². The first-order valence-corrected chi connectivity index (χ1v) is 7.14. The van der Waals surface area contributed by atoms with Crippen LogP contribution >= 0.6 is 0 Å². The summed E-state index contributed by atoms with van der Waals surface area (Å²) in [6, 6.07) is 6.05. The van der Waals surface area contributed by atoms with E-state index in [0.29, 0.717) is 6.54 Å². The molecule has 0 spiro atoms. The van der Waals surface area contributed by atoms with Crippen molar-refractivity contribution in [3.63, 3.8) is 0 Å². The molecule has 0 radical (unpaired) electrons. The largest absolute Gasteiger partial charge is 0.346 e. The van der Waals surface area contributed by atoms with Gasteiger partial charge in [0.2, 0.25) is 0 Å². The number of hydrogen-bond donors (Lipinski definition) is 1. The molecule has 3 aromatic heterocycles. The van der Waals surface area contributed by atoms with E-state index in [1.807, 2.05) is 24.4 Å². The van der Waals surface area contributed by atoms with Crippen LogP contribution in [0.3, 0.4) is 0 Å². The van der Waals surface area contributed by atoms with Gasteiger partial charge in [0.1, 0.15) is 12.0 Å². The molecule has 108 valence electrons. The van der Waals surface area contributed by atoms with Crippen molar-refractivity contribution < 1.29 is 0 Å². The Morgan fingerprint density at radius 2 is 2.19 bits per heavy atom. The second-order valence-corrected chi connectivity index (χ2v) is 5.21. The second-order valence-electron chi connectivity index (χ2n) is 5.21. The van der Waals surface area contributed by atoms with E-state index in [4.69, 9.17) is 10.7 Å². The quantitative estimate of drug-likeness (QED) is 0.755. The lowest BCUT2D eigenvalue weighted by Gasteiger charge is -2.28. The van der Waals surface area contributed by atoms with E-state index in [9.17, 15) is 0 Å². The number of pyridine rings is 1. The maximum absolute atomic E-state index is 5.78. The van der Waals surface area contributed by atoms with Crippen molar-refractivity contribution in [3.8, 4) is 0 Å². The molecule has 7 heteroatoms. The van der Waals surface area contributed by atoms with Crippen LogP contribution in [0, 0.1) is 0 Å². The van der Waals surface area contributed by atoms with E-state index in [0.717, 1.165) is 43.3 Å². The third kappa shape index (κ3) is 1.97. The molecule has 0 saturated heterocycles. The Hall–Kier alpha value is -2.41. The average molecular weight is 283 g/mol. The Morgan fingerprint density at radius 1 is 1.24 bits per heavy atom. The lowest BCUT2D eigenvalue weighted by atomic mass is 10.2. The van der Waals surface area contributed by atoms with Gasteiger partial charge in [-0.1, -0.05) is 6.07 Å². The highest BCUT2D eigenvalue weighted by atomic mass is 15.3. The van der Waals surface area contributed by atoms with Crippen LogP contribution in [0.4, 0.5) is 5.82 Å². The molecule has 7 nitrogen and oxygen atoms in total. The van der Waals surface area contributed by atoms with Gasteiger partial charge in [0, 0.05) is 25.7 Å². The van der Waals surface area contributed by atoms with Crippen LogP contribution in [0.15, 0.2) is 30.7 Å². The molecule has 3 aromatic rings.